The lowest BCUT2D eigenvalue weighted by Crippen LogP contribution is -2.28. The van der Waals surface area contributed by atoms with Gasteiger partial charge in [-0.3, -0.25) is 4.79 Å². The first kappa shape index (κ1) is 12.9. The Kier molecular flexibility index (Phi) is 3.27. The van der Waals surface area contributed by atoms with Gasteiger partial charge in [-0.2, -0.15) is 0 Å². The van der Waals surface area contributed by atoms with Crippen molar-refractivity contribution in [2.75, 3.05) is 18.8 Å². The first-order valence-corrected chi connectivity index (χ1v) is 7.94. The average Bonchev–Trinajstić information content (AvgIpc) is 2.93. The smallest absolute Gasteiger partial charge is 0.266 e. The van der Waals surface area contributed by atoms with E-state index in [2.05, 4.69) is 22.9 Å². The van der Waals surface area contributed by atoms with Crippen molar-refractivity contribution < 1.29 is 4.79 Å². The summed E-state index contributed by atoms with van der Waals surface area (Å²) in [5.41, 5.74) is 6.76. The highest BCUT2D eigenvalue weighted by Crippen LogP contribution is 2.36. The number of halogens is 1. The van der Waals surface area contributed by atoms with Crippen LogP contribution in [-0.4, -0.2) is 23.9 Å². The van der Waals surface area contributed by atoms with Crippen molar-refractivity contribution in [3.8, 4) is 0 Å². The number of hydrogen-bond donors (Lipinski definition) is 1. The van der Waals surface area contributed by atoms with E-state index < -0.39 is 0 Å². The summed E-state index contributed by atoms with van der Waals surface area (Å²) in [6.45, 7) is 3.87. The van der Waals surface area contributed by atoms with E-state index in [9.17, 15) is 4.79 Å². The molecular formula is C14H15BrN2OS. The summed E-state index contributed by atoms with van der Waals surface area (Å²) in [6, 6.07) is 5.94. The van der Waals surface area contributed by atoms with Crippen LogP contribution in [-0.2, 0) is 0 Å². The van der Waals surface area contributed by atoms with Gasteiger partial charge in [0.15, 0.2) is 0 Å². The SMILES string of the molecule is CC1CCN(C(=O)c2sc3cc(Br)ccc3c2N)C1. The lowest BCUT2D eigenvalue weighted by atomic mass is 10.2. The number of fused-ring (bicyclic) bond motifs is 1. The van der Waals surface area contributed by atoms with Crippen LogP contribution in [0.25, 0.3) is 10.1 Å². The van der Waals surface area contributed by atoms with E-state index in [1.807, 2.05) is 23.1 Å². The van der Waals surface area contributed by atoms with Crippen LogP contribution in [0.3, 0.4) is 0 Å². The topological polar surface area (TPSA) is 46.3 Å². The van der Waals surface area contributed by atoms with Crippen molar-refractivity contribution in [3.63, 3.8) is 0 Å². The van der Waals surface area contributed by atoms with Gasteiger partial charge in [-0.15, -0.1) is 11.3 Å². The largest absolute Gasteiger partial charge is 0.397 e. The van der Waals surface area contributed by atoms with E-state index in [4.69, 9.17) is 5.73 Å². The fraction of sp³-hybridized carbons (Fsp3) is 0.357. The van der Waals surface area contributed by atoms with Crippen molar-refractivity contribution in [3.05, 3.63) is 27.5 Å². The van der Waals surface area contributed by atoms with E-state index >= 15 is 0 Å². The highest BCUT2D eigenvalue weighted by Gasteiger charge is 2.27. The Balaban J connectivity index is 2.00. The van der Waals surface area contributed by atoms with Crippen LogP contribution in [0.1, 0.15) is 23.0 Å². The Morgan fingerprint density at radius 1 is 1.53 bits per heavy atom. The minimum atomic E-state index is 0.0826. The van der Waals surface area contributed by atoms with E-state index in [0.717, 1.165) is 34.1 Å². The minimum absolute atomic E-state index is 0.0826. The molecule has 1 fully saturated rings. The summed E-state index contributed by atoms with van der Waals surface area (Å²) < 4.78 is 2.07. The van der Waals surface area contributed by atoms with Crippen LogP contribution in [0.2, 0.25) is 0 Å². The minimum Gasteiger partial charge on any atom is -0.397 e. The zero-order valence-electron chi connectivity index (χ0n) is 10.6. The molecule has 0 aliphatic carbocycles. The Morgan fingerprint density at radius 3 is 3.00 bits per heavy atom. The van der Waals surface area contributed by atoms with Gasteiger partial charge in [0.25, 0.3) is 5.91 Å². The maximum Gasteiger partial charge on any atom is 0.266 e. The third-order valence-electron chi connectivity index (χ3n) is 3.60. The molecule has 5 heteroatoms. The zero-order chi connectivity index (χ0) is 13.6. The van der Waals surface area contributed by atoms with Crippen molar-refractivity contribution >= 4 is 48.9 Å². The first-order valence-electron chi connectivity index (χ1n) is 6.33. The molecule has 3 rings (SSSR count). The van der Waals surface area contributed by atoms with E-state index in [1.165, 1.54) is 11.3 Å². The lowest BCUT2D eigenvalue weighted by Gasteiger charge is -2.14. The number of likely N-dealkylation sites (tertiary alicyclic amines) is 1. The van der Waals surface area contributed by atoms with Crippen molar-refractivity contribution in [2.24, 2.45) is 5.92 Å². The zero-order valence-corrected chi connectivity index (χ0v) is 13.1. The van der Waals surface area contributed by atoms with Crippen LogP contribution in [0.4, 0.5) is 5.69 Å². The molecular weight excluding hydrogens is 324 g/mol. The molecule has 1 aromatic heterocycles. The molecule has 1 aliphatic heterocycles. The second-order valence-electron chi connectivity index (χ2n) is 5.13. The molecule has 1 aromatic carbocycles. The molecule has 2 heterocycles. The van der Waals surface area contributed by atoms with Crippen molar-refractivity contribution in [2.45, 2.75) is 13.3 Å². The molecule has 3 nitrogen and oxygen atoms in total. The summed E-state index contributed by atoms with van der Waals surface area (Å²) in [4.78, 5) is 15.1. The normalized spacial score (nSPS) is 19.3. The maximum absolute atomic E-state index is 12.5. The van der Waals surface area contributed by atoms with E-state index in [0.29, 0.717) is 16.5 Å². The summed E-state index contributed by atoms with van der Waals surface area (Å²) in [5.74, 6) is 0.674. The quantitative estimate of drug-likeness (QED) is 0.861. The molecule has 0 radical (unpaired) electrons. The lowest BCUT2D eigenvalue weighted by molar-refractivity contribution is 0.0794. The van der Waals surface area contributed by atoms with Crippen LogP contribution in [0.15, 0.2) is 22.7 Å². The number of hydrogen-bond acceptors (Lipinski definition) is 3. The number of nitrogens with two attached hydrogens (primary N) is 1. The molecule has 0 bridgehead atoms. The second kappa shape index (κ2) is 4.80. The number of amides is 1. The summed E-state index contributed by atoms with van der Waals surface area (Å²) in [6.07, 6.45) is 1.09. The van der Waals surface area contributed by atoms with Crippen molar-refractivity contribution in [1.82, 2.24) is 4.90 Å². The van der Waals surface area contributed by atoms with Crippen LogP contribution >= 0.6 is 27.3 Å². The Morgan fingerprint density at radius 2 is 2.32 bits per heavy atom. The number of rotatable bonds is 1. The number of nitrogens with zero attached hydrogens (tertiary/aromatic N) is 1. The van der Waals surface area contributed by atoms with Gasteiger partial charge >= 0.3 is 0 Å². The van der Waals surface area contributed by atoms with Gasteiger partial charge in [-0.25, -0.2) is 0 Å². The number of carbonyl (C=O) groups excluding carboxylic acids is 1. The molecule has 1 aliphatic rings. The molecule has 2 N–H and O–H groups in total. The molecule has 1 atom stereocenters. The Bertz CT molecular complexity index is 652. The molecule has 0 spiro atoms. The van der Waals surface area contributed by atoms with Crippen LogP contribution < -0.4 is 5.73 Å². The summed E-state index contributed by atoms with van der Waals surface area (Å²) in [7, 11) is 0. The fourth-order valence-electron chi connectivity index (χ4n) is 2.51. The van der Waals surface area contributed by atoms with Gasteiger partial charge in [-0.1, -0.05) is 28.9 Å². The number of thiophene rings is 1. The average molecular weight is 339 g/mol. The van der Waals surface area contributed by atoms with Crippen LogP contribution in [0.5, 0.6) is 0 Å². The predicted octanol–water partition coefficient (Wildman–Crippen LogP) is 3.73. The third-order valence-corrected chi connectivity index (χ3v) is 5.25. The molecule has 0 saturated carbocycles. The van der Waals surface area contributed by atoms with Crippen molar-refractivity contribution in [1.29, 1.82) is 0 Å². The molecule has 1 amide bonds. The second-order valence-corrected chi connectivity index (χ2v) is 7.10. The molecule has 1 saturated heterocycles. The van der Waals surface area contributed by atoms with Gasteiger partial charge in [0.1, 0.15) is 4.88 Å². The maximum atomic E-state index is 12.5. The number of carbonyl (C=O) groups is 1. The van der Waals surface area contributed by atoms with E-state index in [1.54, 1.807) is 0 Å². The third kappa shape index (κ3) is 2.25. The highest BCUT2D eigenvalue weighted by atomic mass is 79.9. The Hall–Kier alpha value is -1.07. The molecule has 2 aromatic rings. The van der Waals surface area contributed by atoms with Gasteiger partial charge < -0.3 is 10.6 Å². The highest BCUT2D eigenvalue weighted by molar-refractivity contribution is 9.10. The molecule has 100 valence electrons. The van der Waals surface area contributed by atoms with Gasteiger partial charge in [0.05, 0.1) is 5.69 Å². The van der Waals surface area contributed by atoms with Crippen LogP contribution in [0, 0.1) is 5.92 Å². The Labute approximate surface area is 124 Å². The van der Waals surface area contributed by atoms with Gasteiger partial charge in [-0.05, 0) is 24.5 Å². The summed E-state index contributed by atoms with van der Waals surface area (Å²) in [5, 5.41) is 0.976. The monoisotopic (exact) mass is 338 g/mol. The number of nitrogen functional groups attached to an aromatic ring is 1. The summed E-state index contributed by atoms with van der Waals surface area (Å²) >= 11 is 4.94. The van der Waals surface area contributed by atoms with E-state index in [-0.39, 0.29) is 5.91 Å². The first-order chi connectivity index (χ1) is 9.06. The van der Waals surface area contributed by atoms with Gasteiger partial charge in [0.2, 0.25) is 0 Å². The molecule has 19 heavy (non-hydrogen) atoms. The van der Waals surface area contributed by atoms with Gasteiger partial charge in [0, 0.05) is 27.6 Å². The number of anilines is 1. The number of benzene rings is 1. The fourth-order valence-corrected chi connectivity index (χ4v) is 4.16. The standard InChI is InChI=1S/C14H15BrN2OS/c1-8-4-5-17(7-8)14(18)13-12(16)10-3-2-9(15)6-11(10)19-13/h2-3,6,8H,4-5,7,16H2,1H3. The predicted molar refractivity (Wildman–Crippen MR) is 83.6 cm³/mol. The molecule has 1 unspecified atom stereocenters.